The van der Waals surface area contributed by atoms with Gasteiger partial charge in [0, 0.05) is 12.2 Å². The first-order chi connectivity index (χ1) is 8.49. The highest BCUT2D eigenvalue weighted by molar-refractivity contribution is 5.91. The van der Waals surface area contributed by atoms with Crippen LogP contribution in [0.3, 0.4) is 0 Å². The Kier molecular flexibility index (Phi) is 5.17. The van der Waals surface area contributed by atoms with Crippen molar-refractivity contribution in [3.8, 4) is 0 Å². The Labute approximate surface area is 106 Å². The van der Waals surface area contributed by atoms with Crippen LogP contribution in [-0.4, -0.2) is 23.7 Å². The molecule has 0 aliphatic rings. The van der Waals surface area contributed by atoms with Gasteiger partial charge in [0.15, 0.2) is 0 Å². The van der Waals surface area contributed by atoms with Crippen LogP contribution in [-0.2, 0) is 0 Å². The van der Waals surface area contributed by atoms with Crippen LogP contribution in [0.15, 0.2) is 24.3 Å². The zero-order valence-electron chi connectivity index (χ0n) is 10.6. The fourth-order valence-electron chi connectivity index (χ4n) is 1.35. The number of carbonyl (C=O) groups excluding carboxylic acids is 1. The minimum atomic E-state index is -0.983. The summed E-state index contributed by atoms with van der Waals surface area (Å²) in [6.07, 6.45) is 0.922. The molecular formula is C13H18N2O3. The first-order valence-electron chi connectivity index (χ1n) is 5.87. The molecule has 0 fully saturated rings. The summed E-state index contributed by atoms with van der Waals surface area (Å²) in [5, 5.41) is 14.1. The van der Waals surface area contributed by atoms with Crippen molar-refractivity contribution < 1.29 is 14.7 Å². The second-order valence-corrected chi connectivity index (χ2v) is 4.45. The van der Waals surface area contributed by atoms with Gasteiger partial charge in [0.2, 0.25) is 0 Å². The normalized spacial score (nSPS) is 10.2. The van der Waals surface area contributed by atoms with Crippen molar-refractivity contribution in [1.29, 1.82) is 0 Å². The minimum absolute atomic E-state index is 0.195. The van der Waals surface area contributed by atoms with Crippen LogP contribution in [0.25, 0.3) is 0 Å². The predicted molar refractivity (Wildman–Crippen MR) is 69.9 cm³/mol. The molecular weight excluding hydrogens is 232 g/mol. The number of anilines is 1. The van der Waals surface area contributed by atoms with Gasteiger partial charge < -0.3 is 15.7 Å². The van der Waals surface area contributed by atoms with Crippen LogP contribution < -0.4 is 10.6 Å². The molecule has 0 spiro atoms. The lowest BCUT2D eigenvalue weighted by Gasteiger charge is -2.09. The molecule has 5 nitrogen and oxygen atoms in total. The number of benzene rings is 1. The fraction of sp³-hybridized carbons (Fsp3) is 0.385. The zero-order chi connectivity index (χ0) is 13.5. The molecule has 0 atom stereocenters. The quantitative estimate of drug-likeness (QED) is 0.751. The Bertz CT molecular complexity index is 413. The van der Waals surface area contributed by atoms with Gasteiger partial charge in [-0.15, -0.1) is 0 Å². The highest BCUT2D eigenvalue weighted by atomic mass is 16.4. The van der Waals surface area contributed by atoms with Crippen LogP contribution in [0, 0.1) is 5.92 Å². The van der Waals surface area contributed by atoms with E-state index in [1.807, 2.05) is 0 Å². The lowest BCUT2D eigenvalue weighted by Crippen LogP contribution is -2.30. The number of nitrogens with one attached hydrogen (secondary N) is 2. The summed E-state index contributed by atoms with van der Waals surface area (Å²) in [7, 11) is 0. The van der Waals surface area contributed by atoms with Gasteiger partial charge in [-0.1, -0.05) is 13.8 Å². The summed E-state index contributed by atoms with van der Waals surface area (Å²) in [6.45, 7) is 4.80. The molecule has 0 radical (unpaired) electrons. The number of carbonyl (C=O) groups is 2. The smallest absolute Gasteiger partial charge is 0.335 e. The van der Waals surface area contributed by atoms with E-state index >= 15 is 0 Å². The Hall–Kier alpha value is -2.04. The lowest BCUT2D eigenvalue weighted by molar-refractivity contribution is 0.0697. The zero-order valence-corrected chi connectivity index (χ0v) is 10.6. The van der Waals surface area contributed by atoms with Crippen LogP contribution >= 0.6 is 0 Å². The monoisotopic (exact) mass is 250 g/mol. The first-order valence-corrected chi connectivity index (χ1v) is 5.87. The van der Waals surface area contributed by atoms with Crippen molar-refractivity contribution in [2.45, 2.75) is 20.3 Å². The van der Waals surface area contributed by atoms with E-state index in [-0.39, 0.29) is 11.6 Å². The number of aromatic carboxylic acids is 1. The molecule has 0 bridgehead atoms. The van der Waals surface area contributed by atoms with Crippen molar-refractivity contribution in [3.05, 3.63) is 29.8 Å². The molecule has 3 N–H and O–H groups in total. The second kappa shape index (κ2) is 6.64. The van der Waals surface area contributed by atoms with Crippen molar-refractivity contribution in [2.24, 2.45) is 5.92 Å². The van der Waals surface area contributed by atoms with Gasteiger partial charge in [0.25, 0.3) is 0 Å². The van der Waals surface area contributed by atoms with Crippen LogP contribution in [0.4, 0.5) is 10.5 Å². The molecule has 0 aliphatic heterocycles. The summed E-state index contributed by atoms with van der Waals surface area (Å²) in [4.78, 5) is 22.1. The van der Waals surface area contributed by atoms with E-state index in [1.54, 1.807) is 12.1 Å². The number of amides is 2. The third-order valence-corrected chi connectivity index (χ3v) is 2.40. The second-order valence-electron chi connectivity index (χ2n) is 4.45. The van der Waals surface area contributed by atoms with E-state index in [9.17, 15) is 9.59 Å². The first kappa shape index (κ1) is 14.0. The number of carboxylic acid groups (broad SMARTS) is 1. The van der Waals surface area contributed by atoms with Gasteiger partial charge in [0.05, 0.1) is 5.56 Å². The van der Waals surface area contributed by atoms with E-state index in [0.29, 0.717) is 18.2 Å². The average molecular weight is 250 g/mol. The molecule has 0 aliphatic carbocycles. The fourth-order valence-corrected chi connectivity index (χ4v) is 1.35. The summed E-state index contributed by atoms with van der Waals surface area (Å²) in [5.74, 6) is -0.442. The third kappa shape index (κ3) is 4.86. The van der Waals surface area contributed by atoms with E-state index in [4.69, 9.17) is 5.11 Å². The topological polar surface area (TPSA) is 78.4 Å². The predicted octanol–water partition coefficient (Wildman–Crippen LogP) is 2.55. The average Bonchev–Trinajstić information content (AvgIpc) is 2.29. The van der Waals surface area contributed by atoms with Gasteiger partial charge in [-0.3, -0.25) is 0 Å². The van der Waals surface area contributed by atoms with Crippen molar-refractivity contribution in [1.82, 2.24) is 5.32 Å². The Morgan fingerprint density at radius 2 is 1.83 bits per heavy atom. The summed E-state index contributed by atoms with van der Waals surface area (Å²) >= 11 is 0. The van der Waals surface area contributed by atoms with Crippen LogP contribution in [0.1, 0.15) is 30.6 Å². The standard InChI is InChI=1S/C13H18N2O3/c1-9(2)7-8-14-13(18)15-11-5-3-10(4-6-11)12(16)17/h3-6,9H,7-8H2,1-2H3,(H,16,17)(H2,14,15,18). The van der Waals surface area contributed by atoms with E-state index < -0.39 is 5.97 Å². The molecule has 98 valence electrons. The number of hydrogen-bond acceptors (Lipinski definition) is 2. The molecule has 18 heavy (non-hydrogen) atoms. The van der Waals surface area contributed by atoms with Crippen LogP contribution in [0.2, 0.25) is 0 Å². The van der Waals surface area contributed by atoms with Gasteiger partial charge in [-0.25, -0.2) is 9.59 Å². The molecule has 0 aromatic heterocycles. The van der Waals surface area contributed by atoms with Gasteiger partial charge >= 0.3 is 12.0 Å². The molecule has 5 heteroatoms. The molecule has 0 saturated heterocycles. The number of rotatable bonds is 5. The van der Waals surface area contributed by atoms with Crippen molar-refractivity contribution in [2.75, 3.05) is 11.9 Å². The SMILES string of the molecule is CC(C)CCNC(=O)Nc1ccc(C(=O)O)cc1. The van der Waals surface area contributed by atoms with Crippen molar-refractivity contribution >= 4 is 17.7 Å². The molecule has 0 unspecified atom stereocenters. The van der Waals surface area contributed by atoms with Crippen molar-refractivity contribution in [3.63, 3.8) is 0 Å². The maximum Gasteiger partial charge on any atom is 0.335 e. The Morgan fingerprint density at radius 1 is 1.22 bits per heavy atom. The van der Waals surface area contributed by atoms with E-state index in [1.165, 1.54) is 12.1 Å². The molecule has 2 amide bonds. The summed E-state index contributed by atoms with van der Waals surface area (Å²) in [5.41, 5.74) is 0.766. The molecule has 1 aromatic rings. The summed E-state index contributed by atoms with van der Waals surface area (Å²) in [6, 6.07) is 5.74. The van der Waals surface area contributed by atoms with E-state index in [2.05, 4.69) is 24.5 Å². The molecule has 1 rings (SSSR count). The maximum atomic E-state index is 11.5. The lowest BCUT2D eigenvalue weighted by atomic mass is 10.1. The Morgan fingerprint density at radius 3 is 2.33 bits per heavy atom. The summed E-state index contributed by atoms with van der Waals surface area (Å²) < 4.78 is 0. The highest BCUT2D eigenvalue weighted by Gasteiger charge is 2.04. The highest BCUT2D eigenvalue weighted by Crippen LogP contribution is 2.09. The van der Waals surface area contributed by atoms with Crippen LogP contribution in [0.5, 0.6) is 0 Å². The third-order valence-electron chi connectivity index (χ3n) is 2.40. The largest absolute Gasteiger partial charge is 0.478 e. The maximum absolute atomic E-state index is 11.5. The number of hydrogen-bond donors (Lipinski definition) is 3. The number of urea groups is 1. The molecule has 0 saturated carbocycles. The Balaban J connectivity index is 2.42. The molecule has 1 aromatic carbocycles. The van der Waals surface area contributed by atoms with Gasteiger partial charge in [-0.05, 0) is 36.6 Å². The van der Waals surface area contributed by atoms with Gasteiger partial charge in [-0.2, -0.15) is 0 Å². The minimum Gasteiger partial charge on any atom is -0.478 e. The number of carboxylic acids is 1. The molecule has 0 heterocycles. The van der Waals surface area contributed by atoms with E-state index in [0.717, 1.165) is 6.42 Å². The van der Waals surface area contributed by atoms with Gasteiger partial charge in [0.1, 0.15) is 0 Å².